The van der Waals surface area contributed by atoms with Crippen molar-refractivity contribution < 1.29 is 4.74 Å². The fourth-order valence-electron chi connectivity index (χ4n) is 2.34. The van der Waals surface area contributed by atoms with Crippen molar-refractivity contribution in [3.05, 3.63) is 20.8 Å². The van der Waals surface area contributed by atoms with E-state index in [2.05, 4.69) is 46.2 Å². The standard InChI is InChI=1S/C15H25BrN2OS/c1-3-13(17)15(14-8-12(16)10-20-14)18(2)6-7-19-9-11-4-5-11/h8,10-11,13,15H,3-7,9,17H2,1-2H3. The SMILES string of the molecule is CCC(N)C(c1cc(Br)cs1)N(C)CCOCC1CC1. The van der Waals surface area contributed by atoms with Crippen LogP contribution in [-0.4, -0.2) is 37.7 Å². The lowest BCUT2D eigenvalue weighted by Crippen LogP contribution is -2.39. The molecule has 2 rings (SSSR count). The molecule has 20 heavy (non-hydrogen) atoms. The minimum atomic E-state index is 0.161. The van der Waals surface area contributed by atoms with Crippen LogP contribution in [-0.2, 0) is 4.74 Å². The molecular formula is C15H25BrN2OS. The van der Waals surface area contributed by atoms with Crippen LogP contribution >= 0.6 is 27.3 Å². The lowest BCUT2D eigenvalue weighted by Gasteiger charge is -2.31. The number of thiophene rings is 1. The van der Waals surface area contributed by atoms with Gasteiger partial charge in [0.05, 0.1) is 12.6 Å². The molecule has 0 spiro atoms. The lowest BCUT2D eigenvalue weighted by molar-refractivity contribution is 0.0868. The summed E-state index contributed by atoms with van der Waals surface area (Å²) in [6.07, 6.45) is 3.68. The average molecular weight is 361 g/mol. The van der Waals surface area contributed by atoms with Crippen LogP contribution in [0.3, 0.4) is 0 Å². The molecule has 1 aromatic heterocycles. The van der Waals surface area contributed by atoms with Gasteiger partial charge in [-0.2, -0.15) is 0 Å². The summed E-state index contributed by atoms with van der Waals surface area (Å²) in [6.45, 7) is 4.81. The van der Waals surface area contributed by atoms with Gasteiger partial charge < -0.3 is 10.5 Å². The zero-order chi connectivity index (χ0) is 14.5. The third kappa shape index (κ3) is 4.81. The summed E-state index contributed by atoms with van der Waals surface area (Å²) in [5, 5.41) is 2.13. The second-order valence-electron chi connectivity index (χ2n) is 5.68. The molecule has 2 unspecified atom stereocenters. The summed E-state index contributed by atoms with van der Waals surface area (Å²) in [7, 11) is 2.15. The smallest absolute Gasteiger partial charge is 0.0593 e. The first-order valence-electron chi connectivity index (χ1n) is 7.39. The van der Waals surface area contributed by atoms with Crippen LogP contribution in [0.4, 0.5) is 0 Å². The molecule has 0 radical (unpaired) electrons. The molecule has 1 saturated carbocycles. The fraction of sp³-hybridized carbons (Fsp3) is 0.733. The minimum Gasteiger partial charge on any atom is -0.380 e. The minimum absolute atomic E-state index is 0.161. The Morgan fingerprint density at radius 1 is 1.55 bits per heavy atom. The van der Waals surface area contributed by atoms with Gasteiger partial charge in [0.15, 0.2) is 0 Å². The van der Waals surface area contributed by atoms with Crippen molar-refractivity contribution in [2.75, 3.05) is 26.8 Å². The van der Waals surface area contributed by atoms with Crippen LogP contribution in [0.1, 0.15) is 37.1 Å². The van der Waals surface area contributed by atoms with E-state index in [0.717, 1.165) is 36.6 Å². The second-order valence-corrected chi connectivity index (χ2v) is 7.54. The van der Waals surface area contributed by atoms with Gasteiger partial charge in [0.1, 0.15) is 0 Å². The first-order valence-corrected chi connectivity index (χ1v) is 9.06. The van der Waals surface area contributed by atoms with Crippen molar-refractivity contribution in [3.8, 4) is 0 Å². The molecule has 2 N–H and O–H groups in total. The summed E-state index contributed by atoms with van der Waals surface area (Å²) in [5.41, 5.74) is 6.33. The summed E-state index contributed by atoms with van der Waals surface area (Å²) in [6, 6.07) is 2.63. The quantitative estimate of drug-likeness (QED) is 0.683. The Morgan fingerprint density at radius 2 is 2.30 bits per heavy atom. The van der Waals surface area contributed by atoms with Gasteiger partial charge in [-0.05, 0) is 54.2 Å². The van der Waals surface area contributed by atoms with Gasteiger partial charge in [-0.15, -0.1) is 11.3 Å². The Labute approximate surface area is 134 Å². The van der Waals surface area contributed by atoms with E-state index >= 15 is 0 Å². The summed E-state index contributed by atoms with van der Waals surface area (Å²) in [4.78, 5) is 3.66. The molecule has 0 aromatic carbocycles. The lowest BCUT2D eigenvalue weighted by atomic mass is 10.0. The number of ether oxygens (including phenoxy) is 1. The predicted molar refractivity (Wildman–Crippen MR) is 89.2 cm³/mol. The van der Waals surface area contributed by atoms with E-state index in [-0.39, 0.29) is 12.1 Å². The van der Waals surface area contributed by atoms with Crippen LogP contribution in [0.5, 0.6) is 0 Å². The number of halogens is 1. The van der Waals surface area contributed by atoms with Crippen LogP contribution in [0.15, 0.2) is 15.9 Å². The molecule has 2 atom stereocenters. The molecule has 1 aliphatic rings. The summed E-state index contributed by atoms with van der Waals surface area (Å²) >= 11 is 5.31. The van der Waals surface area contributed by atoms with Gasteiger partial charge >= 0.3 is 0 Å². The second kappa shape index (κ2) is 7.90. The highest BCUT2D eigenvalue weighted by molar-refractivity contribution is 9.10. The Hall–Kier alpha value is 0.0600. The Bertz CT molecular complexity index is 408. The maximum Gasteiger partial charge on any atom is 0.0593 e. The van der Waals surface area contributed by atoms with Crippen molar-refractivity contribution in [1.82, 2.24) is 4.90 Å². The molecule has 1 heterocycles. The van der Waals surface area contributed by atoms with E-state index in [4.69, 9.17) is 10.5 Å². The first-order chi connectivity index (χ1) is 9.61. The van der Waals surface area contributed by atoms with E-state index in [0.29, 0.717) is 0 Å². The molecule has 1 aromatic rings. The Kier molecular flexibility index (Phi) is 6.49. The number of hydrogen-bond acceptors (Lipinski definition) is 4. The third-order valence-electron chi connectivity index (χ3n) is 3.87. The number of nitrogens with two attached hydrogens (primary N) is 1. The van der Waals surface area contributed by atoms with Crippen LogP contribution in [0, 0.1) is 5.92 Å². The van der Waals surface area contributed by atoms with Gasteiger partial charge in [0, 0.05) is 33.9 Å². The number of likely N-dealkylation sites (N-methyl/N-ethyl adjacent to an activating group) is 1. The Morgan fingerprint density at radius 3 is 2.85 bits per heavy atom. The molecule has 0 saturated heterocycles. The number of rotatable bonds is 9. The molecule has 0 aliphatic heterocycles. The molecule has 1 aliphatic carbocycles. The van der Waals surface area contributed by atoms with E-state index in [1.807, 2.05) is 0 Å². The maximum atomic E-state index is 6.33. The molecule has 0 amide bonds. The topological polar surface area (TPSA) is 38.5 Å². The number of nitrogens with zero attached hydrogens (tertiary/aromatic N) is 1. The highest BCUT2D eigenvalue weighted by Crippen LogP contribution is 2.32. The van der Waals surface area contributed by atoms with Crippen LogP contribution < -0.4 is 5.73 Å². The van der Waals surface area contributed by atoms with Gasteiger partial charge in [0.2, 0.25) is 0 Å². The zero-order valence-corrected chi connectivity index (χ0v) is 14.8. The molecular weight excluding hydrogens is 336 g/mol. The highest BCUT2D eigenvalue weighted by atomic mass is 79.9. The Balaban J connectivity index is 1.87. The van der Waals surface area contributed by atoms with Crippen molar-refractivity contribution in [3.63, 3.8) is 0 Å². The zero-order valence-electron chi connectivity index (χ0n) is 12.3. The molecule has 0 bridgehead atoms. The van der Waals surface area contributed by atoms with E-state index in [1.165, 1.54) is 17.7 Å². The molecule has 3 nitrogen and oxygen atoms in total. The van der Waals surface area contributed by atoms with Gasteiger partial charge in [-0.1, -0.05) is 6.92 Å². The third-order valence-corrected chi connectivity index (χ3v) is 5.63. The van der Waals surface area contributed by atoms with Crippen molar-refractivity contribution in [2.24, 2.45) is 11.7 Å². The normalized spacial score (nSPS) is 18.4. The molecule has 1 fully saturated rings. The largest absolute Gasteiger partial charge is 0.380 e. The van der Waals surface area contributed by atoms with Crippen molar-refractivity contribution in [2.45, 2.75) is 38.3 Å². The van der Waals surface area contributed by atoms with E-state index in [1.54, 1.807) is 11.3 Å². The van der Waals surface area contributed by atoms with Gasteiger partial charge in [-0.3, -0.25) is 4.90 Å². The van der Waals surface area contributed by atoms with E-state index in [9.17, 15) is 0 Å². The van der Waals surface area contributed by atoms with Gasteiger partial charge in [-0.25, -0.2) is 0 Å². The summed E-state index contributed by atoms with van der Waals surface area (Å²) < 4.78 is 6.89. The first kappa shape index (κ1) is 16.4. The van der Waals surface area contributed by atoms with Gasteiger partial charge in [0.25, 0.3) is 0 Å². The van der Waals surface area contributed by atoms with Crippen molar-refractivity contribution >= 4 is 27.3 Å². The monoisotopic (exact) mass is 360 g/mol. The highest BCUT2D eigenvalue weighted by Gasteiger charge is 2.25. The van der Waals surface area contributed by atoms with Crippen LogP contribution in [0.2, 0.25) is 0 Å². The number of hydrogen-bond donors (Lipinski definition) is 1. The van der Waals surface area contributed by atoms with Crippen LogP contribution in [0.25, 0.3) is 0 Å². The average Bonchev–Trinajstić information content (AvgIpc) is 3.16. The fourth-order valence-corrected chi connectivity index (χ4v) is 4.03. The maximum absolute atomic E-state index is 6.33. The van der Waals surface area contributed by atoms with Crippen molar-refractivity contribution in [1.29, 1.82) is 0 Å². The summed E-state index contributed by atoms with van der Waals surface area (Å²) in [5.74, 6) is 0.835. The molecule has 5 heteroatoms. The predicted octanol–water partition coefficient (Wildman–Crippen LogP) is 3.65. The van der Waals surface area contributed by atoms with E-state index < -0.39 is 0 Å². The molecule has 114 valence electrons.